The Hall–Kier alpha value is -1.36. The SMILES string of the molecule is Cc1cccc(CNC(=O)[C@@H]2CC[C@H](C(=O)O)C2)c1Br. The minimum Gasteiger partial charge on any atom is -0.481 e. The Morgan fingerprint density at radius 1 is 1.35 bits per heavy atom. The van der Waals surface area contributed by atoms with Crippen LogP contribution in [0.1, 0.15) is 30.4 Å². The number of benzene rings is 1. The molecule has 0 saturated heterocycles. The molecule has 1 aromatic rings. The third kappa shape index (κ3) is 3.39. The van der Waals surface area contributed by atoms with Crippen molar-refractivity contribution in [3.05, 3.63) is 33.8 Å². The minimum atomic E-state index is -0.790. The molecule has 0 bridgehead atoms. The zero-order valence-electron chi connectivity index (χ0n) is 11.4. The summed E-state index contributed by atoms with van der Waals surface area (Å²) >= 11 is 3.51. The smallest absolute Gasteiger partial charge is 0.306 e. The van der Waals surface area contributed by atoms with Gasteiger partial charge in [-0.2, -0.15) is 0 Å². The van der Waals surface area contributed by atoms with Gasteiger partial charge < -0.3 is 10.4 Å². The Balaban J connectivity index is 1.90. The van der Waals surface area contributed by atoms with Crippen LogP contribution in [0.4, 0.5) is 0 Å². The molecule has 1 fully saturated rings. The van der Waals surface area contributed by atoms with Gasteiger partial charge in [-0.05, 0) is 37.3 Å². The highest BCUT2D eigenvalue weighted by Crippen LogP contribution is 2.31. The molecule has 0 spiro atoms. The van der Waals surface area contributed by atoms with Crippen LogP contribution in [0, 0.1) is 18.8 Å². The minimum absolute atomic E-state index is 0.0397. The summed E-state index contributed by atoms with van der Waals surface area (Å²) in [6, 6.07) is 5.92. The van der Waals surface area contributed by atoms with Crippen molar-refractivity contribution in [2.24, 2.45) is 11.8 Å². The molecule has 0 heterocycles. The quantitative estimate of drug-likeness (QED) is 0.886. The van der Waals surface area contributed by atoms with Crippen molar-refractivity contribution >= 4 is 27.8 Å². The number of carbonyl (C=O) groups is 2. The van der Waals surface area contributed by atoms with E-state index in [4.69, 9.17) is 5.11 Å². The molecule has 0 aromatic heterocycles. The molecular formula is C15H18BrNO3. The van der Waals surface area contributed by atoms with Crippen molar-refractivity contribution < 1.29 is 14.7 Å². The van der Waals surface area contributed by atoms with Crippen molar-refractivity contribution in [1.82, 2.24) is 5.32 Å². The summed E-state index contributed by atoms with van der Waals surface area (Å²) in [7, 11) is 0. The van der Waals surface area contributed by atoms with Crippen LogP contribution < -0.4 is 5.32 Å². The van der Waals surface area contributed by atoms with Gasteiger partial charge >= 0.3 is 5.97 Å². The molecule has 4 nitrogen and oxygen atoms in total. The maximum absolute atomic E-state index is 12.1. The first kappa shape index (κ1) is 15.0. The summed E-state index contributed by atoms with van der Waals surface area (Å²) in [4.78, 5) is 23.0. The lowest BCUT2D eigenvalue weighted by Crippen LogP contribution is -2.29. The lowest BCUT2D eigenvalue weighted by atomic mass is 10.0. The number of aryl methyl sites for hydroxylation is 1. The fourth-order valence-corrected chi connectivity index (χ4v) is 3.02. The number of carboxylic acid groups (broad SMARTS) is 1. The zero-order valence-corrected chi connectivity index (χ0v) is 12.9. The standard InChI is InChI=1S/C15H18BrNO3/c1-9-3-2-4-12(13(9)16)8-17-14(18)10-5-6-11(7-10)15(19)20/h2-4,10-11H,5-8H2,1H3,(H,17,18)(H,19,20)/t10-,11+/m1/s1. The first-order valence-electron chi connectivity index (χ1n) is 6.73. The molecule has 1 aliphatic carbocycles. The number of carbonyl (C=O) groups excluding carboxylic acids is 1. The Bertz CT molecular complexity index is 530. The van der Waals surface area contributed by atoms with E-state index in [1.165, 1.54) is 0 Å². The van der Waals surface area contributed by atoms with Crippen LogP contribution in [0.5, 0.6) is 0 Å². The predicted molar refractivity (Wildman–Crippen MR) is 79.2 cm³/mol. The topological polar surface area (TPSA) is 66.4 Å². The van der Waals surface area contributed by atoms with E-state index in [9.17, 15) is 9.59 Å². The predicted octanol–water partition coefficient (Wildman–Crippen LogP) is 2.87. The van der Waals surface area contributed by atoms with Crippen LogP contribution in [-0.4, -0.2) is 17.0 Å². The summed E-state index contributed by atoms with van der Waals surface area (Å²) in [5.41, 5.74) is 2.16. The van der Waals surface area contributed by atoms with E-state index in [1.54, 1.807) is 0 Å². The number of hydrogen-bond acceptors (Lipinski definition) is 2. The second kappa shape index (κ2) is 6.39. The van der Waals surface area contributed by atoms with Crippen LogP contribution >= 0.6 is 15.9 Å². The molecular weight excluding hydrogens is 322 g/mol. The molecule has 1 aliphatic rings. The van der Waals surface area contributed by atoms with Crippen LogP contribution in [0.2, 0.25) is 0 Å². The number of nitrogens with one attached hydrogen (secondary N) is 1. The van der Waals surface area contributed by atoms with Gasteiger partial charge in [0.2, 0.25) is 5.91 Å². The van der Waals surface area contributed by atoms with E-state index >= 15 is 0 Å². The van der Waals surface area contributed by atoms with E-state index in [-0.39, 0.29) is 17.7 Å². The maximum atomic E-state index is 12.1. The fraction of sp³-hybridized carbons (Fsp3) is 0.467. The first-order chi connectivity index (χ1) is 9.49. The molecule has 0 aliphatic heterocycles. The molecule has 2 N–H and O–H groups in total. The van der Waals surface area contributed by atoms with E-state index in [0.717, 1.165) is 15.6 Å². The summed E-state index contributed by atoms with van der Waals surface area (Å²) in [6.45, 7) is 2.47. The third-order valence-electron chi connectivity index (χ3n) is 3.88. The summed E-state index contributed by atoms with van der Waals surface area (Å²) in [5.74, 6) is -1.36. The average Bonchev–Trinajstić information content (AvgIpc) is 2.90. The Morgan fingerprint density at radius 2 is 2.05 bits per heavy atom. The second-order valence-corrected chi connectivity index (χ2v) is 6.10. The Morgan fingerprint density at radius 3 is 2.70 bits per heavy atom. The molecule has 1 aromatic carbocycles. The Labute approximate surface area is 126 Å². The van der Waals surface area contributed by atoms with E-state index < -0.39 is 5.97 Å². The number of halogens is 1. The van der Waals surface area contributed by atoms with Crippen molar-refractivity contribution in [1.29, 1.82) is 0 Å². The molecule has 1 amide bonds. The van der Waals surface area contributed by atoms with Crippen LogP contribution in [0.25, 0.3) is 0 Å². The van der Waals surface area contributed by atoms with E-state index in [1.807, 2.05) is 25.1 Å². The highest BCUT2D eigenvalue weighted by Gasteiger charge is 2.33. The molecule has 2 rings (SSSR count). The van der Waals surface area contributed by atoms with Crippen molar-refractivity contribution in [3.8, 4) is 0 Å². The number of hydrogen-bond donors (Lipinski definition) is 2. The third-order valence-corrected chi connectivity index (χ3v) is 5.01. The fourth-order valence-electron chi connectivity index (χ4n) is 2.62. The van der Waals surface area contributed by atoms with Crippen LogP contribution in [-0.2, 0) is 16.1 Å². The molecule has 1 saturated carbocycles. The van der Waals surface area contributed by atoms with Crippen molar-refractivity contribution in [2.45, 2.75) is 32.7 Å². The zero-order chi connectivity index (χ0) is 14.7. The van der Waals surface area contributed by atoms with E-state index in [2.05, 4.69) is 21.2 Å². The van der Waals surface area contributed by atoms with Gasteiger partial charge in [0.15, 0.2) is 0 Å². The molecule has 20 heavy (non-hydrogen) atoms. The normalized spacial score (nSPS) is 21.7. The highest BCUT2D eigenvalue weighted by molar-refractivity contribution is 9.10. The summed E-state index contributed by atoms with van der Waals surface area (Å²) in [6.07, 6.45) is 1.72. The number of rotatable bonds is 4. The van der Waals surface area contributed by atoms with Gasteiger partial charge in [-0.25, -0.2) is 0 Å². The number of aliphatic carboxylic acids is 1. The number of carboxylic acids is 1. The lowest BCUT2D eigenvalue weighted by molar-refractivity contribution is -0.141. The maximum Gasteiger partial charge on any atom is 0.306 e. The lowest BCUT2D eigenvalue weighted by Gasteiger charge is -2.12. The van der Waals surface area contributed by atoms with Gasteiger partial charge in [-0.3, -0.25) is 9.59 Å². The molecule has 0 unspecified atom stereocenters. The van der Waals surface area contributed by atoms with Gasteiger partial charge in [0.25, 0.3) is 0 Å². The van der Waals surface area contributed by atoms with Gasteiger partial charge in [0, 0.05) is 16.9 Å². The summed E-state index contributed by atoms with van der Waals surface area (Å²) in [5, 5.41) is 11.9. The Kier molecular flexibility index (Phi) is 4.81. The van der Waals surface area contributed by atoms with E-state index in [0.29, 0.717) is 25.8 Å². The molecule has 5 heteroatoms. The van der Waals surface area contributed by atoms with Crippen molar-refractivity contribution in [2.75, 3.05) is 0 Å². The number of amides is 1. The van der Waals surface area contributed by atoms with Gasteiger partial charge in [0.1, 0.15) is 0 Å². The van der Waals surface area contributed by atoms with Crippen LogP contribution in [0.3, 0.4) is 0 Å². The molecule has 0 radical (unpaired) electrons. The second-order valence-electron chi connectivity index (χ2n) is 5.31. The largest absolute Gasteiger partial charge is 0.481 e. The van der Waals surface area contributed by atoms with Gasteiger partial charge in [-0.15, -0.1) is 0 Å². The molecule has 108 valence electrons. The molecule has 2 atom stereocenters. The van der Waals surface area contributed by atoms with Crippen molar-refractivity contribution in [3.63, 3.8) is 0 Å². The average molecular weight is 340 g/mol. The van der Waals surface area contributed by atoms with Gasteiger partial charge in [-0.1, -0.05) is 34.1 Å². The summed E-state index contributed by atoms with van der Waals surface area (Å²) < 4.78 is 1.01. The monoisotopic (exact) mass is 339 g/mol. The highest BCUT2D eigenvalue weighted by atomic mass is 79.9. The first-order valence-corrected chi connectivity index (χ1v) is 7.53. The van der Waals surface area contributed by atoms with Crippen LogP contribution in [0.15, 0.2) is 22.7 Å². The van der Waals surface area contributed by atoms with Gasteiger partial charge in [0.05, 0.1) is 5.92 Å².